The van der Waals surface area contributed by atoms with Crippen molar-refractivity contribution in [2.45, 2.75) is 32.8 Å². The van der Waals surface area contributed by atoms with Gasteiger partial charge in [-0.05, 0) is 25.0 Å². The lowest BCUT2D eigenvalue weighted by atomic mass is 9.80. The van der Waals surface area contributed by atoms with Crippen molar-refractivity contribution in [1.29, 1.82) is 0 Å². The molecule has 0 aliphatic carbocycles. The molecule has 1 nitrogen and oxygen atoms in total. The van der Waals surface area contributed by atoms with Gasteiger partial charge < -0.3 is 17.7 Å². The van der Waals surface area contributed by atoms with E-state index >= 15 is 0 Å². The third kappa shape index (κ3) is 3.47. The van der Waals surface area contributed by atoms with Crippen LogP contribution in [0.25, 0.3) is 0 Å². The Balaban J connectivity index is 2.72. The summed E-state index contributed by atoms with van der Waals surface area (Å²) in [5.74, 6) is 0.498. The highest BCUT2D eigenvalue weighted by molar-refractivity contribution is 6.73. The van der Waals surface area contributed by atoms with Crippen molar-refractivity contribution >= 4 is 12.4 Å². The molecule has 1 aromatic rings. The summed E-state index contributed by atoms with van der Waals surface area (Å²) in [5, 5.41) is 0. The average Bonchev–Trinajstić information content (AvgIpc) is 2.25. The van der Waals surface area contributed by atoms with Crippen LogP contribution < -0.4 is 10.2 Å². The number of benzene rings is 1. The summed E-state index contributed by atoms with van der Waals surface area (Å²) >= 11 is 0. The summed E-state index contributed by atoms with van der Waals surface area (Å²) < 4.78 is 42.5. The van der Waals surface area contributed by atoms with Gasteiger partial charge in [0.2, 0.25) is 0 Å². The zero-order valence-corrected chi connectivity index (χ0v) is 9.42. The maximum absolute atomic E-state index is 12.3. The van der Waals surface area contributed by atoms with E-state index in [2.05, 4.69) is 0 Å². The van der Waals surface area contributed by atoms with Crippen molar-refractivity contribution in [3.8, 4) is 5.75 Å². The zero-order chi connectivity index (χ0) is 12.2. The molecule has 1 aromatic carbocycles. The molecule has 90 valence electrons. The maximum Gasteiger partial charge on any atom is 0.509 e. The van der Waals surface area contributed by atoms with Gasteiger partial charge in [-0.15, -0.1) is 5.46 Å². The Morgan fingerprint density at radius 1 is 1.06 bits per heavy atom. The molecular weight excluding hydrogens is 216 g/mol. The van der Waals surface area contributed by atoms with Crippen molar-refractivity contribution < 1.29 is 17.7 Å². The van der Waals surface area contributed by atoms with Gasteiger partial charge in [0.05, 0.1) is 6.10 Å². The zero-order valence-electron chi connectivity index (χ0n) is 9.42. The fourth-order valence-corrected chi connectivity index (χ4v) is 1.41. The van der Waals surface area contributed by atoms with E-state index in [1.165, 1.54) is 12.1 Å². The molecule has 0 aliphatic heterocycles. The van der Waals surface area contributed by atoms with E-state index < -0.39 is 12.4 Å². The van der Waals surface area contributed by atoms with Crippen LogP contribution in [0.15, 0.2) is 24.3 Å². The Morgan fingerprint density at radius 2 is 1.56 bits per heavy atom. The van der Waals surface area contributed by atoms with E-state index in [0.29, 0.717) is 5.75 Å². The molecular formula is C11H15BF3O-. The summed E-state index contributed by atoms with van der Waals surface area (Å²) in [7, 11) is 0. The molecule has 0 spiro atoms. The minimum absolute atomic E-state index is 0.0715. The monoisotopic (exact) mass is 231 g/mol. The Labute approximate surface area is 93.7 Å². The van der Waals surface area contributed by atoms with Gasteiger partial charge in [-0.25, -0.2) is 0 Å². The standard InChI is InChI=1S/C11H15BF3O/c1-3-10(4-2)16-11-7-5-9(6-8-11)12(13,14)15/h5-8,10H,3-4H2,1-2H3/q-1. The van der Waals surface area contributed by atoms with Crippen LogP contribution in [0.1, 0.15) is 26.7 Å². The Kier molecular flexibility index (Phi) is 4.27. The SMILES string of the molecule is CCC(CC)Oc1ccc([B-](F)(F)F)cc1. The van der Waals surface area contributed by atoms with Gasteiger partial charge in [-0.3, -0.25) is 0 Å². The van der Waals surface area contributed by atoms with Crippen LogP contribution in [-0.2, 0) is 0 Å². The Bertz CT molecular complexity index is 317. The van der Waals surface area contributed by atoms with Crippen LogP contribution in [0.2, 0.25) is 0 Å². The summed E-state index contributed by atoms with van der Waals surface area (Å²) in [6, 6.07) is 4.89. The van der Waals surface area contributed by atoms with Gasteiger partial charge in [0, 0.05) is 0 Å². The number of rotatable bonds is 5. The molecule has 0 unspecified atom stereocenters. The topological polar surface area (TPSA) is 9.23 Å². The third-order valence-corrected chi connectivity index (χ3v) is 2.47. The number of halogens is 3. The van der Waals surface area contributed by atoms with Crippen molar-refractivity contribution in [1.82, 2.24) is 0 Å². The van der Waals surface area contributed by atoms with E-state index in [9.17, 15) is 12.9 Å². The number of ether oxygens (including phenoxy) is 1. The summed E-state index contributed by atoms with van der Waals surface area (Å²) in [6.07, 6.45) is 1.77. The Morgan fingerprint density at radius 3 is 1.94 bits per heavy atom. The van der Waals surface area contributed by atoms with E-state index in [4.69, 9.17) is 4.74 Å². The molecule has 0 saturated heterocycles. The lowest BCUT2D eigenvalue weighted by Gasteiger charge is -2.18. The van der Waals surface area contributed by atoms with Gasteiger partial charge in [-0.2, -0.15) is 0 Å². The highest BCUT2D eigenvalue weighted by atomic mass is 19.4. The first-order valence-electron chi connectivity index (χ1n) is 5.44. The van der Waals surface area contributed by atoms with Crippen LogP contribution >= 0.6 is 0 Å². The van der Waals surface area contributed by atoms with Crippen LogP contribution in [0, 0.1) is 0 Å². The molecule has 0 N–H and O–H groups in total. The fourth-order valence-electron chi connectivity index (χ4n) is 1.41. The lowest BCUT2D eigenvalue weighted by Crippen LogP contribution is -2.33. The average molecular weight is 231 g/mol. The summed E-state index contributed by atoms with van der Waals surface area (Å²) in [4.78, 5) is 0. The summed E-state index contributed by atoms with van der Waals surface area (Å²) in [5.41, 5.74) is -0.586. The van der Waals surface area contributed by atoms with Crippen molar-refractivity contribution in [3.63, 3.8) is 0 Å². The molecule has 5 heteroatoms. The van der Waals surface area contributed by atoms with Crippen LogP contribution in [-0.4, -0.2) is 13.1 Å². The van der Waals surface area contributed by atoms with Gasteiger partial charge in [0.1, 0.15) is 5.75 Å². The third-order valence-electron chi connectivity index (χ3n) is 2.47. The van der Waals surface area contributed by atoms with E-state index in [1.54, 1.807) is 0 Å². The molecule has 0 heterocycles. The first-order valence-corrected chi connectivity index (χ1v) is 5.44. The molecule has 0 bridgehead atoms. The highest BCUT2D eigenvalue weighted by Crippen LogP contribution is 2.16. The first kappa shape index (κ1) is 12.9. The predicted molar refractivity (Wildman–Crippen MR) is 60.2 cm³/mol. The van der Waals surface area contributed by atoms with Crippen LogP contribution in [0.5, 0.6) is 5.75 Å². The predicted octanol–water partition coefficient (Wildman–Crippen LogP) is 3.31. The fraction of sp³-hybridized carbons (Fsp3) is 0.455. The minimum Gasteiger partial charge on any atom is -0.490 e. The van der Waals surface area contributed by atoms with Crippen LogP contribution in [0.3, 0.4) is 0 Å². The quantitative estimate of drug-likeness (QED) is 0.706. The molecule has 16 heavy (non-hydrogen) atoms. The van der Waals surface area contributed by atoms with Crippen molar-refractivity contribution in [2.24, 2.45) is 0 Å². The second kappa shape index (κ2) is 5.28. The van der Waals surface area contributed by atoms with Gasteiger partial charge in [0.25, 0.3) is 0 Å². The maximum atomic E-state index is 12.3. The molecule has 0 radical (unpaired) electrons. The molecule has 0 aliphatic rings. The van der Waals surface area contributed by atoms with Gasteiger partial charge >= 0.3 is 6.98 Å². The van der Waals surface area contributed by atoms with Crippen molar-refractivity contribution in [2.75, 3.05) is 0 Å². The number of hydrogen-bond donors (Lipinski definition) is 0. The van der Waals surface area contributed by atoms with E-state index in [1.807, 2.05) is 13.8 Å². The normalized spacial score (nSPS) is 11.9. The van der Waals surface area contributed by atoms with E-state index in [-0.39, 0.29) is 6.10 Å². The molecule has 0 saturated carbocycles. The first-order chi connectivity index (χ1) is 7.47. The largest absolute Gasteiger partial charge is 0.509 e. The van der Waals surface area contributed by atoms with Crippen LogP contribution in [0.4, 0.5) is 12.9 Å². The second-order valence-corrected chi connectivity index (χ2v) is 3.70. The lowest BCUT2D eigenvalue weighted by molar-refractivity contribution is 0.193. The Hall–Kier alpha value is -1.13. The number of hydrogen-bond acceptors (Lipinski definition) is 1. The molecule has 0 atom stereocenters. The highest BCUT2D eigenvalue weighted by Gasteiger charge is 2.25. The van der Waals surface area contributed by atoms with Crippen molar-refractivity contribution in [3.05, 3.63) is 24.3 Å². The minimum atomic E-state index is -4.91. The smallest absolute Gasteiger partial charge is 0.490 e. The molecule has 0 amide bonds. The molecule has 0 fully saturated rings. The summed E-state index contributed by atoms with van der Waals surface area (Å²) in [6.45, 7) is -0.932. The second-order valence-electron chi connectivity index (χ2n) is 3.70. The van der Waals surface area contributed by atoms with Gasteiger partial charge in [-0.1, -0.05) is 26.0 Å². The molecule has 1 rings (SSSR count). The van der Waals surface area contributed by atoms with Gasteiger partial charge in [0.15, 0.2) is 0 Å². The molecule has 0 aromatic heterocycles. The van der Waals surface area contributed by atoms with E-state index in [0.717, 1.165) is 25.0 Å².